The second kappa shape index (κ2) is 3.88. The van der Waals surface area contributed by atoms with Crippen LogP contribution in [0.1, 0.15) is 13.3 Å². The summed E-state index contributed by atoms with van der Waals surface area (Å²) in [7, 11) is -9.83. The van der Waals surface area contributed by atoms with Crippen molar-refractivity contribution in [2.45, 2.75) is 24.0 Å². The van der Waals surface area contributed by atoms with Gasteiger partial charge in [0.05, 0.1) is 6.10 Å². The van der Waals surface area contributed by atoms with E-state index >= 15 is 0 Å². The Hall–Kier alpha value is -0.220. The van der Waals surface area contributed by atoms with E-state index in [2.05, 4.69) is 0 Å². The fourth-order valence-electron chi connectivity index (χ4n) is 0.675. The van der Waals surface area contributed by atoms with Crippen molar-refractivity contribution in [2.75, 3.05) is 0 Å². The molecule has 0 aliphatic heterocycles. The van der Waals surface area contributed by atoms with Gasteiger partial charge in [-0.3, -0.25) is 9.11 Å². The van der Waals surface area contributed by atoms with Crippen molar-refractivity contribution >= 4 is 20.2 Å². The third-order valence-corrected chi connectivity index (χ3v) is 4.37. The fraction of sp³-hybridized carbons (Fsp3) is 1.00. The van der Waals surface area contributed by atoms with Crippen LogP contribution >= 0.6 is 0 Å². The van der Waals surface area contributed by atoms with Crippen LogP contribution in [0.4, 0.5) is 0 Å². The molecule has 0 bridgehead atoms. The maximum atomic E-state index is 10.4. The highest BCUT2D eigenvalue weighted by Crippen LogP contribution is 2.13. The van der Waals surface area contributed by atoms with Gasteiger partial charge in [-0.2, -0.15) is 16.8 Å². The van der Waals surface area contributed by atoms with Crippen LogP contribution in [0.5, 0.6) is 0 Å². The van der Waals surface area contributed by atoms with Gasteiger partial charge in [0.2, 0.25) is 4.58 Å². The lowest BCUT2D eigenvalue weighted by Gasteiger charge is -2.11. The molecule has 0 saturated carbocycles. The molecule has 0 spiro atoms. The topological polar surface area (TPSA) is 129 Å². The van der Waals surface area contributed by atoms with Crippen molar-refractivity contribution in [3.8, 4) is 0 Å². The van der Waals surface area contributed by atoms with Gasteiger partial charge < -0.3 is 5.11 Å². The first-order valence-electron chi connectivity index (χ1n) is 3.16. The molecule has 0 saturated heterocycles. The molecule has 0 rings (SSSR count). The Labute approximate surface area is 75.9 Å². The maximum Gasteiger partial charge on any atom is 0.284 e. The summed E-state index contributed by atoms with van der Waals surface area (Å²) >= 11 is 0. The van der Waals surface area contributed by atoms with E-state index in [1.165, 1.54) is 0 Å². The molecule has 1 unspecified atom stereocenters. The van der Waals surface area contributed by atoms with E-state index in [0.717, 1.165) is 6.92 Å². The normalized spacial score (nSPS) is 16.1. The summed E-state index contributed by atoms with van der Waals surface area (Å²) in [5.41, 5.74) is 0. The van der Waals surface area contributed by atoms with Gasteiger partial charge in [-0.05, 0) is 6.92 Å². The van der Waals surface area contributed by atoms with Crippen molar-refractivity contribution < 1.29 is 31.0 Å². The zero-order chi connectivity index (χ0) is 10.9. The van der Waals surface area contributed by atoms with Gasteiger partial charge in [-0.25, -0.2) is 0 Å². The van der Waals surface area contributed by atoms with Gasteiger partial charge in [0.1, 0.15) is 0 Å². The van der Waals surface area contributed by atoms with E-state index in [9.17, 15) is 16.8 Å². The van der Waals surface area contributed by atoms with E-state index < -0.39 is 37.3 Å². The van der Waals surface area contributed by atoms with Crippen LogP contribution in [0, 0.1) is 0 Å². The van der Waals surface area contributed by atoms with Crippen LogP contribution in [0.15, 0.2) is 0 Å². The summed E-state index contributed by atoms with van der Waals surface area (Å²) in [6, 6.07) is 0. The van der Waals surface area contributed by atoms with Crippen molar-refractivity contribution in [1.29, 1.82) is 0 Å². The van der Waals surface area contributed by atoms with Crippen LogP contribution in [-0.2, 0) is 20.2 Å². The Morgan fingerprint density at radius 1 is 1.08 bits per heavy atom. The Morgan fingerprint density at radius 3 is 1.46 bits per heavy atom. The molecule has 3 N–H and O–H groups in total. The van der Waals surface area contributed by atoms with Crippen molar-refractivity contribution in [1.82, 2.24) is 0 Å². The molecule has 0 amide bonds. The molecular formula is C4H10O7S2. The first-order chi connectivity index (χ1) is 5.55. The van der Waals surface area contributed by atoms with Crippen molar-refractivity contribution in [3.05, 3.63) is 0 Å². The van der Waals surface area contributed by atoms with Gasteiger partial charge in [0.15, 0.2) is 0 Å². The maximum absolute atomic E-state index is 10.4. The highest BCUT2D eigenvalue weighted by Gasteiger charge is 2.36. The van der Waals surface area contributed by atoms with E-state index in [1.807, 2.05) is 0 Å². The van der Waals surface area contributed by atoms with Gasteiger partial charge in [-0.1, -0.05) is 0 Å². The van der Waals surface area contributed by atoms with Gasteiger partial charge in [-0.15, -0.1) is 0 Å². The molecule has 7 nitrogen and oxygen atoms in total. The molecule has 13 heavy (non-hydrogen) atoms. The molecular weight excluding hydrogens is 224 g/mol. The predicted octanol–water partition coefficient (Wildman–Crippen LogP) is -1.14. The third kappa shape index (κ3) is 4.52. The van der Waals surface area contributed by atoms with E-state index in [-0.39, 0.29) is 0 Å². The van der Waals surface area contributed by atoms with Crippen LogP contribution in [-0.4, -0.2) is 41.7 Å². The Balaban J connectivity index is 5.03. The first kappa shape index (κ1) is 12.8. The average molecular weight is 234 g/mol. The van der Waals surface area contributed by atoms with E-state index in [0.29, 0.717) is 0 Å². The Morgan fingerprint density at radius 2 is 1.38 bits per heavy atom. The number of aliphatic hydroxyl groups excluding tert-OH is 1. The minimum atomic E-state index is -4.92. The predicted molar refractivity (Wildman–Crippen MR) is 43.2 cm³/mol. The summed E-state index contributed by atoms with van der Waals surface area (Å²) in [6.45, 7) is 1.13. The second-order valence-electron chi connectivity index (χ2n) is 2.54. The first-order valence-corrected chi connectivity index (χ1v) is 6.16. The molecule has 80 valence electrons. The van der Waals surface area contributed by atoms with E-state index in [1.54, 1.807) is 0 Å². The number of hydrogen-bond donors (Lipinski definition) is 3. The standard InChI is InChI=1S/C4H10O7S2/c1-3(5)2-4(12(6,7)8)13(9,10)11/h3-5H,2H2,1H3,(H,6,7,8)(H,9,10,11). The Kier molecular flexibility index (Phi) is 3.82. The highest BCUT2D eigenvalue weighted by molar-refractivity contribution is 8.03. The summed E-state index contributed by atoms with van der Waals surface area (Å²) in [5, 5.41) is 8.70. The molecule has 0 aromatic rings. The monoisotopic (exact) mass is 234 g/mol. The molecule has 0 heterocycles. The highest BCUT2D eigenvalue weighted by atomic mass is 32.3. The van der Waals surface area contributed by atoms with Gasteiger partial charge in [0.25, 0.3) is 20.2 Å². The minimum absolute atomic E-state index is 0.780. The van der Waals surface area contributed by atoms with Gasteiger partial charge >= 0.3 is 0 Å². The molecule has 0 fully saturated rings. The average Bonchev–Trinajstić information content (AvgIpc) is 1.77. The molecule has 0 radical (unpaired) electrons. The zero-order valence-corrected chi connectivity index (χ0v) is 8.29. The molecule has 1 atom stereocenters. The number of aliphatic hydroxyl groups is 1. The summed E-state index contributed by atoms with van der Waals surface area (Å²) in [4.78, 5) is 0. The molecule has 0 aliphatic carbocycles. The smallest absolute Gasteiger partial charge is 0.284 e. The van der Waals surface area contributed by atoms with Crippen LogP contribution in [0.2, 0.25) is 0 Å². The van der Waals surface area contributed by atoms with Gasteiger partial charge in [0, 0.05) is 6.42 Å². The van der Waals surface area contributed by atoms with Crippen LogP contribution in [0.25, 0.3) is 0 Å². The largest absolute Gasteiger partial charge is 0.393 e. The number of rotatable bonds is 4. The van der Waals surface area contributed by atoms with Crippen molar-refractivity contribution in [2.24, 2.45) is 0 Å². The van der Waals surface area contributed by atoms with Crippen molar-refractivity contribution in [3.63, 3.8) is 0 Å². The summed E-state index contributed by atoms with van der Waals surface area (Å²) in [6.07, 6.45) is -2.05. The molecule has 9 heteroatoms. The second-order valence-corrected chi connectivity index (χ2v) is 6.04. The Bertz CT molecular complexity index is 318. The lowest BCUT2D eigenvalue weighted by atomic mass is 10.3. The molecule has 0 aromatic heterocycles. The summed E-state index contributed by atoms with van der Waals surface area (Å²) < 4.78 is 56.1. The molecule has 0 aliphatic rings. The minimum Gasteiger partial charge on any atom is -0.393 e. The number of hydrogen-bond acceptors (Lipinski definition) is 5. The quantitative estimate of drug-likeness (QED) is 0.524. The lowest BCUT2D eigenvalue weighted by molar-refractivity contribution is 0.186. The third-order valence-electron chi connectivity index (χ3n) is 1.20. The lowest BCUT2D eigenvalue weighted by Crippen LogP contribution is -2.32. The van der Waals surface area contributed by atoms with Crippen LogP contribution < -0.4 is 0 Å². The SMILES string of the molecule is CC(O)CC(S(=O)(=O)O)S(=O)(=O)O. The van der Waals surface area contributed by atoms with Crippen LogP contribution in [0.3, 0.4) is 0 Å². The molecule has 0 aromatic carbocycles. The fourth-order valence-corrected chi connectivity index (χ4v) is 2.95. The summed E-state index contributed by atoms with van der Waals surface area (Å²) in [5.74, 6) is 0. The van der Waals surface area contributed by atoms with E-state index in [4.69, 9.17) is 14.2 Å². The zero-order valence-electron chi connectivity index (χ0n) is 6.65.